The molecule has 0 saturated carbocycles. The highest BCUT2D eigenvalue weighted by Gasteiger charge is 2.18. The Morgan fingerprint density at radius 3 is 2.73 bits per heavy atom. The van der Waals surface area contributed by atoms with E-state index in [9.17, 15) is 0 Å². The summed E-state index contributed by atoms with van der Waals surface area (Å²) in [6, 6.07) is 3.50. The molecule has 0 radical (unpaired) electrons. The van der Waals surface area contributed by atoms with Crippen molar-refractivity contribution in [1.29, 1.82) is 0 Å². The van der Waals surface area contributed by atoms with Crippen molar-refractivity contribution < 1.29 is 14.6 Å². The van der Waals surface area contributed by atoms with E-state index in [0.717, 1.165) is 15.8 Å². The molecule has 3 N–H and O–H groups in total. The number of fused-ring (bicyclic) bond motifs is 1. The van der Waals surface area contributed by atoms with Crippen molar-refractivity contribution in [1.82, 2.24) is 0 Å². The second kappa shape index (κ2) is 4.38. The van der Waals surface area contributed by atoms with Crippen molar-refractivity contribution in [3.8, 4) is 11.5 Å². The lowest BCUT2D eigenvalue weighted by molar-refractivity contribution is 0.174. The molecule has 15 heavy (non-hydrogen) atoms. The second-order valence-electron chi connectivity index (χ2n) is 3.35. The molecule has 1 aliphatic heterocycles. The van der Waals surface area contributed by atoms with Gasteiger partial charge in [0.15, 0.2) is 11.5 Å². The van der Waals surface area contributed by atoms with Gasteiger partial charge in [0.05, 0.1) is 0 Å². The predicted molar refractivity (Wildman–Crippen MR) is 58.9 cm³/mol. The van der Waals surface area contributed by atoms with Crippen molar-refractivity contribution in [3.63, 3.8) is 0 Å². The summed E-state index contributed by atoms with van der Waals surface area (Å²) in [6.07, 6.45) is 0.526. The normalized spacial score (nSPS) is 15.4. The summed E-state index contributed by atoms with van der Waals surface area (Å²) in [6.45, 7) is 0.322. The summed E-state index contributed by atoms with van der Waals surface area (Å²) in [4.78, 5) is 0. The number of aliphatic hydroxyl groups is 1. The van der Waals surface area contributed by atoms with Crippen molar-refractivity contribution in [2.24, 2.45) is 5.73 Å². The van der Waals surface area contributed by atoms with E-state index in [1.54, 1.807) is 0 Å². The Labute approximate surface area is 96.1 Å². The smallest absolute Gasteiger partial charge is 0.231 e. The number of halogens is 1. The Kier molecular flexibility index (Phi) is 3.14. The lowest BCUT2D eigenvalue weighted by atomic mass is 10.0. The quantitative estimate of drug-likeness (QED) is 0.878. The molecule has 0 unspecified atom stereocenters. The summed E-state index contributed by atoms with van der Waals surface area (Å²) in [5.74, 6) is 1.43. The number of aliphatic hydroxyl groups excluding tert-OH is 1. The first-order valence-corrected chi connectivity index (χ1v) is 5.47. The Morgan fingerprint density at radius 2 is 2.07 bits per heavy atom. The third-order valence-electron chi connectivity index (χ3n) is 2.33. The molecule has 1 aliphatic rings. The topological polar surface area (TPSA) is 64.7 Å². The molecule has 2 rings (SSSR count). The van der Waals surface area contributed by atoms with Gasteiger partial charge in [-0.1, -0.05) is 15.9 Å². The minimum Gasteiger partial charge on any atom is -0.454 e. The standard InChI is InChI=1S/C10H12BrNO3/c11-7-4-10-9(14-5-15-10)3-6(7)8(12)1-2-13/h3-4,8,13H,1-2,5,12H2/t8-/m1/s1. The van der Waals surface area contributed by atoms with Gasteiger partial charge in [0, 0.05) is 17.1 Å². The molecule has 82 valence electrons. The van der Waals surface area contributed by atoms with Gasteiger partial charge in [-0.15, -0.1) is 0 Å². The number of ether oxygens (including phenoxy) is 2. The summed E-state index contributed by atoms with van der Waals surface area (Å²) in [5.41, 5.74) is 6.84. The monoisotopic (exact) mass is 273 g/mol. The first-order chi connectivity index (χ1) is 7.22. The Hall–Kier alpha value is -0.780. The zero-order chi connectivity index (χ0) is 10.8. The van der Waals surface area contributed by atoms with Crippen LogP contribution in [0.1, 0.15) is 18.0 Å². The number of nitrogens with two attached hydrogens (primary N) is 1. The molecule has 0 aromatic heterocycles. The van der Waals surface area contributed by atoms with Gasteiger partial charge in [-0.25, -0.2) is 0 Å². The van der Waals surface area contributed by atoms with E-state index in [1.165, 1.54) is 0 Å². The van der Waals surface area contributed by atoms with E-state index in [0.29, 0.717) is 12.2 Å². The van der Waals surface area contributed by atoms with Gasteiger partial charge in [0.1, 0.15) is 0 Å². The average molecular weight is 274 g/mol. The van der Waals surface area contributed by atoms with Gasteiger partial charge < -0.3 is 20.3 Å². The van der Waals surface area contributed by atoms with Crippen molar-refractivity contribution >= 4 is 15.9 Å². The van der Waals surface area contributed by atoms with E-state index < -0.39 is 0 Å². The first kappa shape index (κ1) is 10.7. The molecule has 1 heterocycles. The molecule has 1 aromatic carbocycles. The minimum absolute atomic E-state index is 0.0715. The molecule has 1 aromatic rings. The summed E-state index contributed by atoms with van der Waals surface area (Å²) >= 11 is 3.42. The summed E-state index contributed by atoms with van der Waals surface area (Å²) in [7, 11) is 0. The maximum Gasteiger partial charge on any atom is 0.231 e. The Bertz CT molecular complexity index is 370. The van der Waals surface area contributed by atoms with Gasteiger partial charge in [-0.05, 0) is 24.1 Å². The summed E-state index contributed by atoms with van der Waals surface area (Å²) < 4.78 is 11.4. The average Bonchev–Trinajstić information content (AvgIpc) is 2.63. The number of benzene rings is 1. The van der Waals surface area contributed by atoms with Crippen LogP contribution >= 0.6 is 15.9 Å². The number of hydrogen-bond donors (Lipinski definition) is 2. The maximum atomic E-state index is 8.83. The molecular formula is C10H12BrNO3. The number of rotatable bonds is 3. The fourth-order valence-electron chi connectivity index (χ4n) is 1.51. The Balaban J connectivity index is 2.31. The van der Waals surface area contributed by atoms with E-state index in [2.05, 4.69) is 15.9 Å². The van der Waals surface area contributed by atoms with E-state index in [-0.39, 0.29) is 19.4 Å². The van der Waals surface area contributed by atoms with Crippen molar-refractivity contribution in [2.45, 2.75) is 12.5 Å². The van der Waals surface area contributed by atoms with Crippen LogP contribution in [0.25, 0.3) is 0 Å². The molecule has 1 atom stereocenters. The summed E-state index contributed by atoms with van der Waals surface area (Å²) in [5, 5.41) is 8.83. The highest BCUT2D eigenvalue weighted by atomic mass is 79.9. The van der Waals surface area contributed by atoms with Gasteiger partial charge in [0.2, 0.25) is 6.79 Å². The van der Waals surface area contributed by atoms with Gasteiger partial charge in [0.25, 0.3) is 0 Å². The third-order valence-corrected chi connectivity index (χ3v) is 3.02. The molecular weight excluding hydrogens is 262 g/mol. The second-order valence-corrected chi connectivity index (χ2v) is 4.20. The van der Waals surface area contributed by atoms with Gasteiger partial charge >= 0.3 is 0 Å². The van der Waals surface area contributed by atoms with Crippen molar-refractivity contribution in [3.05, 3.63) is 22.2 Å². The van der Waals surface area contributed by atoms with E-state index >= 15 is 0 Å². The van der Waals surface area contributed by atoms with Crippen LogP contribution in [-0.2, 0) is 0 Å². The molecule has 0 bridgehead atoms. The van der Waals surface area contributed by atoms with Crippen LogP contribution in [0.4, 0.5) is 0 Å². The first-order valence-electron chi connectivity index (χ1n) is 4.68. The van der Waals surface area contributed by atoms with Crippen LogP contribution in [0.3, 0.4) is 0 Å². The van der Waals surface area contributed by atoms with Gasteiger partial charge in [-0.2, -0.15) is 0 Å². The van der Waals surface area contributed by atoms with Crippen LogP contribution in [-0.4, -0.2) is 18.5 Å². The lowest BCUT2D eigenvalue weighted by Crippen LogP contribution is -2.12. The third kappa shape index (κ3) is 2.09. The van der Waals surface area contributed by atoms with Crippen LogP contribution in [0.2, 0.25) is 0 Å². The highest BCUT2D eigenvalue weighted by molar-refractivity contribution is 9.10. The van der Waals surface area contributed by atoms with E-state index in [1.807, 2.05) is 12.1 Å². The van der Waals surface area contributed by atoms with Crippen molar-refractivity contribution in [2.75, 3.05) is 13.4 Å². The maximum absolute atomic E-state index is 8.83. The molecule has 4 nitrogen and oxygen atoms in total. The molecule has 0 spiro atoms. The Morgan fingerprint density at radius 1 is 1.40 bits per heavy atom. The van der Waals surface area contributed by atoms with Crippen LogP contribution in [0.5, 0.6) is 11.5 Å². The SMILES string of the molecule is N[C@H](CCO)c1cc2c(cc1Br)OCO2. The molecule has 0 fully saturated rings. The molecule has 5 heteroatoms. The van der Waals surface area contributed by atoms with E-state index in [4.69, 9.17) is 20.3 Å². The predicted octanol–water partition coefficient (Wildman–Crippen LogP) is 1.56. The van der Waals surface area contributed by atoms with Gasteiger partial charge in [-0.3, -0.25) is 0 Å². The van der Waals surface area contributed by atoms with Crippen LogP contribution < -0.4 is 15.2 Å². The number of hydrogen-bond acceptors (Lipinski definition) is 4. The van der Waals surface area contributed by atoms with Crippen LogP contribution in [0, 0.1) is 0 Å². The fraction of sp³-hybridized carbons (Fsp3) is 0.400. The minimum atomic E-state index is -0.195. The lowest BCUT2D eigenvalue weighted by Gasteiger charge is -2.13. The zero-order valence-corrected chi connectivity index (χ0v) is 9.66. The molecule has 0 amide bonds. The molecule has 0 aliphatic carbocycles. The highest BCUT2D eigenvalue weighted by Crippen LogP contribution is 2.38. The van der Waals surface area contributed by atoms with Crippen LogP contribution in [0.15, 0.2) is 16.6 Å². The largest absolute Gasteiger partial charge is 0.454 e. The zero-order valence-electron chi connectivity index (χ0n) is 8.07. The fourth-order valence-corrected chi connectivity index (χ4v) is 2.13. The molecule has 0 saturated heterocycles.